The van der Waals surface area contributed by atoms with E-state index < -0.39 is 0 Å². The molecular weight excluding hydrogens is 404 g/mol. The Morgan fingerprint density at radius 1 is 1.19 bits per heavy atom. The first-order chi connectivity index (χ1) is 13.0. The Bertz CT molecular complexity index is 577. The third-order valence-corrected chi connectivity index (χ3v) is 5.66. The topological polar surface area (TPSA) is 39.0 Å². The maximum Gasteiger partial charge on any atom is 0.194 e. The van der Waals surface area contributed by atoms with Gasteiger partial charge in [0.1, 0.15) is 0 Å². The summed E-state index contributed by atoms with van der Waals surface area (Å²) in [5.41, 5.74) is 1.26. The lowest BCUT2D eigenvalue weighted by molar-refractivity contribution is 0.136. The minimum absolute atomic E-state index is 0.843. The molecule has 0 amide bonds. The smallest absolute Gasteiger partial charge is 0.194 e. The summed E-state index contributed by atoms with van der Waals surface area (Å²) < 4.78 is 3.28. The molecule has 2 rings (SSSR count). The van der Waals surface area contributed by atoms with E-state index in [0.717, 1.165) is 36.5 Å². The normalized spacial score (nSPS) is 16.7. The molecule has 0 radical (unpaired) electrons. The standard InChI is InChI=1S/C20H37BrN6/c1-5-22-20(25(4)17-19-15-18(21)16-24(19)3)23-9-7-8-10-27-13-11-26(6-2)12-14-27/h15-16H,5-14,17H2,1-4H3,(H,22,23). The van der Waals surface area contributed by atoms with Crippen molar-refractivity contribution in [1.29, 1.82) is 0 Å². The van der Waals surface area contributed by atoms with Crippen LogP contribution in [0.1, 0.15) is 32.4 Å². The van der Waals surface area contributed by atoms with Crippen molar-refractivity contribution in [2.45, 2.75) is 33.2 Å². The highest BCUT2D eigenvalue weighted by Gasteiger charge is 2.14. The number of aryl methyl sites for hydroxylation is 1. The van der Waals surface area contributed by atoms with Gasteiger partial charge in [0, 0.05) is 69.7 Å². The molecule has 0 aromatic carbocycles. The fraction of sp³-hybridized carbons (Fsp3) is 0.750. The second-order valence-electron chi connectivity index (χ2n) is 7.34. The van der Waals surface area contributed by atoms with Gasteiger partial charge in [-0.3, -0.25) is 4.99 Å². The van der Waals surface area contributed by atoms with Crippen molar-refractivity contribution in [1.82, 2.24) is 24.6 Å². The lowest BCUT2D eigenvalue weighted by Crippen LogP contribution is -2.46. The van der Waals surface area contributed by atoms with Crippen LogP contribution < -0.4 is 5.32 Å². The van der Waals surface area contributed by atoms with Crippen LogP contribution in [0, 0.1) is 0 Å². The number of hydrogen-bond acceptors (Lipinski definition) is 3. The zero-order valence-corrected chi connectivity index (χ0v) is 19.1. The molecule has 1 aliphatic heterocycles. The molecule has 0 spiro atoms. The number of nitrogens with zero attached hydrogens (tertiary/aromatic N) is 5. The molecule has 1 fully saturated rings. The average Bonchev–Trinajstić information content (AvgIpc) is 2.97. The summed E-state index contributed by atoms with van der Waals surface area (Å²) in [6.45, 7) is 14.3. The van der Waals surface area contributed by atoms with Gasteiger partial charge in [-0.1, -0.05) is 6.92 Å². The van der Waals surface area contributed by atoms with Crippen LogP contribution in [0.25, 0.3) is 0 Å². The van der Waals surface area contributed by atoms with Crippen molar-refractivity contribution in [2.24, 2.45) is 12.0 Å². The first-order valence-corrected chi connectivity index (χ1v) is 11.1. The van der Waals surface area contributed by atoms with Gasteiger partial charge >= 0.3 is 0 Å². The number of unbranched alkanes of at least 4 members (excludes halogenated alkanes) is 1. The fourth-order valence-corrected chi connectivity index (χ4v) is 4.04. The molecule has 6 nitrogen and oxygen atoms in total. The van der Waals surface area contributed by atoms with Crippen LogP contribution in [0.5, 0.6) is 0 Å². The van der Waals surface area contributed by atoms with Gasteiger partial charge in [-0.05, 0) is 54.9 Å². The highest BCUT2D eigenvalue weighted by Crippen LogP contribution is 2.15. The quantitative estimate of drug-likeness (QED) is 0.363. The van der Waals surface area contributed by atoms with Crippen molar-refractivity contribution < 1.29 is 0 Å². The summed E-state index contributed by atoms with van der Waals surface area (Å²) >= 11 is 3.55. The van der Waals surface area contributed by atoms with Gasteiger partial charge in [0.05, 0.1) is 6.54 Å². The van der Waals surface area contributed by atoms with Crippen molar-refractivity contribution in [2.75, 3.05) is 59.4 Å². The molecule has 0 atom stereocenters. The molecule has 27 heavy (non-hydrogen) atoms. The summed E-state index contributed by atoms with van der Waals surface area (Å²) in [4.78, 5) is 12.2. The molecule has 1 N–H and O–H groups in total. The number of nitrogens with one attached hydrogen (secondary N) is 1. The first kappa shape index (κ1) is 22.2. The number of guanidine groups is 1. The fourth-order valence-electron chi connectivity index (χ4n) is 3.47. The number of piperazine rings is 1. The number of aliphatic imine (C=N–C) groups is 1. The van der Waals surface area contributed by atoms with Crippen LogP contribution in [0.2, 0.25) is 0 Å². The van der Waals surface area contributed by atoms with Gasteiger partial charge in [-0.2, -0.15) is 0 Å². The van der Waals surface area contributed by atoms with E-state index in [1.54, 1.807) is 0 Å². The Hall–Kier alpha value is -1.05. The van der Waals surface area contributed by atoms with Gasteiger partial charge in [0.2, 0.25) is 0 Å². The van der Waals surface area contributed by atoms with Gasteiger partial charge in [-0.15, -0.1) is 0 Å². The van der Waals surface area contributed by atoms with Gasteiger partial charge < -0.3 is 24.6 Å². The van der Waals surface area contributed by atoms with Crippen molar-refractivity contribution in [3.63, 3.8) is 0 Å². The number of likely N-dealkylation sites (N-methyl/N-ethyl adjacent to an activating group) is 1. The molecule has 0 saturated carbocycles. The maximum atomic E-state index is 4.84. The van der Waals surface area contributed by atoms with E-state index in [-0.39, 0.29) is 0 Å². The third kappa shape index (κ3) is 7.47. The van der Waals surface area contributed by atoms with Crippen molar-refractivity contribution >= 4 is 21.9 Å². The van der Waals surface area contributed by atoms with E-state index in [4.69, 9.17) is 4.99 Å². The maximum absolute atomic E-state index is 4.84. The largest absolute Gasteiger partial charge is 0.357 e. The Labute approximate surface area is 173 Å². The van der Waals surface area contributed by atoms with Gasteiger partial charge in [0.25, 0.3) is 0 Å². The zero-order valence-electron chi connectivity index (χ0n) is 17.5. The number of halogens is 1. The minimum Gasteiger partial charge on any atom is -0.357 e. The van der Waals surface area contributed by atoms with E-state index in [1.165, 1.54) is 51.4 Å². The lowest BCUT2D eigenvalue weighted by Gasteiger charge is -2.33. The van der Waals surface area contributed by atoms with Crippen molar-refractivity contribution in [3.8, 4) is 0 Å². The van der Waals surface area contributed by atoms with E-state index in [1.807, 2.05) is 0 Å². The number of aromatic nitrogens is 1. The van der Waals surface area contributed by atoms with Crippen LogP contribution in [-0.4, -0.2) is 84.6 Å². The van der Waals surface area contributed by atoms with E-state index >= 15 is 0 Å². The van der Waals surface area contributed by atoms with Crippen molar-refractivity contribution in [3.05, 3.63) is 22.4 Å². The highest BCUT2D eigenvalue weighted by molar-refractivity contribution is 9.10. The van der Waals surface area contributed by atoms with Crippen LogP contribution in [-0.2, 0) is 13.6 Å². The van der Waals surface area contributed by atoms with E-state index in [2.05, 4.69) is 80.7 Å². The molecule has 0 aliphatic carbocycles. The average molecular weight is 441 g/mol. The zero-order chi connectivity index (χ0) is 19.6. The van der Waals surface area contributed by atoms with E-state index in [0.29, 0.717) is 0 Å². The SMILES string of the molecule is CCNC(=NCCCCN1CCN(CC)CC1)N(C)Cc1cc(Br)cn1C. The van der Waals surface area contributed by atoms with Crippen LogP contribution in [0.3, 0.4) is 0 Å². The second-order valence-corrected chi connectivity index (χ2v) is 8.25. The van der Waals surface area contributed by atoms with Crippen LogP contribution in [0.4, 0.5) is 0 Å². The molecule has 1 aromatic heterocycles. The molecule has 0 unspecified atom stereocenters. The summed E-state index contributed by atoms with van der Waals surface area (Å²) in [6, 6.07) is 2.17. The molecule has 1 saturated heterocycles. The second kappa shape index (κ2) is 11.7. The summed E-state index contributed by atoms with van der Waals surface area (Å²) in [5.74, 6) is 0.992. The first-order valence-electron chi connectivity index (χ1n) is 10.3. The van der Waals surface area contributed by atoms with Crippen LogP contribution in [0.15, 0.2) is 21.7 Å². The molecule has 1 aromatic rings. The summed E-state index contributed by atoms with van der Waals surface area (Å²) in [6.07, 6.45) is 4.46. The number of rotatable bonds is 9. The third-order valence-electron chi connectivity index (χ3n) is 5.23. The van der Waals surface area contributed by atoms with E-state index in [9.17, 15) is 0 Å². The number of hydrogen-bond donors (Lipinski definition) is 1. The Kier molecular flexibility index (Phi) is 9.65. The Balaban J connectivity index is 1.73. The molecule has 154 valence electrons. The minimum atomic E-state index is 0.843. The summed E-state index contributed by atoms with van der Waals surface area (Å²) in [5, 5.41) is 3.42. The highest BCUT2D eigenvalue weighted by atomic mass is 79.9. The molecular formula is C20H37BrN6. The van der Waals surface area contributed by atoms with Gasteiger partial charge in [0.15, 0.2) is 5.96 Å². The molecule has 7 heteroatoms. The molecule has 0 bridgehead atoms. The Morgan fingerprint density at radius 2 is 1.89 bits per heavy atom. The van der Waals surface area contributed by atoms with Crippen LogP contribution >= 0.6 is 15.9 Å². The monoisotopic (exact) mass is 440 g/mol. The Morgan fingerprint density at radius 3 is 2.48 bits per heavy atom. The molecule has 1 aliphatic rings. The predicted octanol–water partition coefficient (Wildman–Crippen LogP) is 2.60. The summed E-state index contributed by atoms with van der Waals surface area (Å²) in [7, 11) is 4.19. The molecule has 2 heterocycles. The lowest BCUT2D eigenvalue weighted by atomic mass is 10.2. The predicted molar refractivity (Wildman–Crippen MR) is 118 cm³/mol. The van der Waals surface area contributed by atoms with Gasteiger partial charge in [-0.25, -0.2) is 0 Å².